The zero-order chi connectivity index (χ0) is 12.8. The second-order valence-electron chi connectivity index (χ2n) is 3.59. The summed E-state index contributed by atoms with van der Waals surface area (Å²) in [6.07, 6.45) is 0. The van der Waals surface area contributed by atoms with Crippen molar-refractivity contribution in [3.63, 3.8) is 0 Å². The van der Waals surface area contributed by atoms with Crippen molar-refractivity contribution in [2.75, 3.05) is 13.1 Å². The Hall–Kier alpha value is -2.08. The van der Waals surface area contributed by atoms with Crippen LogP contribution < -0.4 is 11.1 Å². The largest absolute Gasteiger partial charge is 0.350 e. The monoisotopic (exact) mass is 237 g/mol. The summed E-state index contributed by atoms with van der Waals surface area (Å²) < 4.78 is 0. The van der Waals surface area contributed by atoms with E-state index in [1.165, 1.54) is 0 Å². The number of amides is 3. The van der Waals surface area contributed by atoms with Crippen molar-refractivity contribution in [3.8, 4) is 0 Å². The molecular formula is C11H15N3O3. The zero-order valence-corrected chi connectivity index (χ0v) is 9.51. The Morgan fingerprint density at radius 1 is 1.47 bits per heavy atom. The fourth-order valence-electron chi connectivity index (χ4n) is 1.27. The molecule has 0 radical (unpaired) electrons. The summed E-state index contributed by atoms with van der Waals surface area (Å²) in [6, 6.07) is 6.16. The van der Waals surface area contributed by atoms with Crippen LogP contribution in [0.5, 0.6) is 0 Å². The molecule has 0 spiro atoms. The molecule has 6 heteroatoms. The van der Waals surface area contributed by atoms with Crippen LogP contribution in [0.1, 0.15) is 15.9 Å². The van der Waals surface area contributed by atoms with Crippen LogP contribution in [0.3, 0.4) is 0 Å². The second-order valence-corrected chi connectivity index (χ2v) is 3.59. The molecule has 4 N–H and O–H groups in total. The molecule has 0 bridgehead atoms. The maximum atomic E-state index is 11.6. The van der Waals surface area contributed by atoms with Gasteiger partial charge >= 0.3 is 6.03 Å². The van der Waals surface area contributed by atoms with Gasteiger partial charge in [0.2, 0.25) is 0 Å². The Morgan fingerprint density at radius 2 is 2.18 bits per heavy atom. The number of nitrogens with one attached hydrogen (secondary N) is 1. The SMILES string of the molecule is Cc1cccc(C(=O)NCCN(O)C(N)=O)c1. The van der Waals surface area contributed by atoms with Gasteiger partial charge in [0.05, 0.1) is 6.54 Å². The standard InChI is InChI=1S/C11H15N3O3/c1-8-3-2-4-9(7-8)10(15)13-5-6-14(17)11(12)16/h2-4,7,17H,5-6H2,1H3,(H2,12,16)(H,13,15). The molecular weight excluding hydrogens is 222 g/mol. The summed E-state index contributed by atoms with van der Waals surface area (Å²) >= 11 is 0. The van der Waals surface area contributed by atoms with Gasteiger partial charge in [-0.1, -0.05) is 17.7 Å². The van der Waals surface area contributed by atoms with Gasteiger partial charge in [-0.2, -0.15) is 0 Å². The van der Waals surface area contributed by atoms with E-state index in [1.807, 2.05) is 13.0 Å². The van der Waals surface area contributed by atoms with Crippen LogP contribution in [0, 0.1) is 6.92 Å². The topological polar surface area (TPSA) is 95.7 Å². The summed E-state index contributed by atoms with van der Waals surface area (Å²) in [5.41, 5.74) is 6.33. The van der Waals surface area contributed by atoms with Crippen LogP contribution in [0.2, 0.25) is 0 Å². The second kappa shape index (κ2) is 5.86. The van der Waals surface area contributed by atoms with Gasteiger partial charge < -0.3 is 11.1 Å². The highest BCUT2D eigenvalue weighted by Gasteiger charge is 2.07. The number of hydroxylamine groups is 2. The summed E-state index contributed by atoms with van der Waals surface area (Å²) in [5, 5.41) is 11.9. The predicted molar refractivity (Wildman–Crippen MR) is 61.6 cm³/mol. The number of carbonyl (C=O) groups is 2. The first-order valence-corrected chi connectivity index (χ1v) is 5.11. The predicted octanol–water partition coefficient (Wildman–Crippen LogP) is 0.495. The number of hydrogen-bond donors (Lipinski definition) is 3. The molecule has 0 fully saturated rings. The van der Waals surface area contributed by atoms with E-state index < -0.39 is 6.03 Å². The lowest BCUT2D eigenvalue weighted by molar-refractivity contribution is -0.0376. The van der Waals surface area contributed by atoms with Gasteiger partial charge in [0, 0.05) is 12.1 Å². The van der Waals surface area contributed by atoms with Gasteiger partial charge in [-0.3, -0.25) is 10.0 Å². The Bertz CT molecular complexity index is 420. The van der Waals surface area contributed by atoms with Crippen LogP contribution in [0.25, 0.3) is 0 Å². The van der Waals surface area contributed by atoms with E-state index in [0.29, 0.717) is 10.6 Å². The number of aryl methyl sites for hydroxylation is 1. The Kier molecular flexibility index (Phi) is 4.47. The van der Waals surface area contributed by atoms with Crippen molar-refractivity contribution in [2.45, 2.75) is 6.92 Å². The van der Waals surface area contributed by atoms with E-state index >= 15 is 0 Å². The fourth-order valence-corrected chi connectivity index (χ4v) is 1.27. The Morgan fingerprint density at radius 3 is 2.76 bits per heavy atom. The van der Waals surface area contributed by atoms with Crippen molar-refractivity contribution < 1.29 is 14.8 Å². The van der Waals surface area contributed by atoms with Crippen molar-refractivity contribution in [3.05, 3.63) is 35.4 Å². The lowest BCUT2D eigenvalue weighted by atomic mass is 10.1. The number of nitrogens with zero attached hydrogens (tertiary/aromatic N) is 1. The molecule has 1 rings (SSSR count). The number of primary amides is 1. The van der Waals surface area contributed by atoms with E-state index in [0.717, 1.165) is 5.56 Å². The minimum Gasteiger partial charge on any atom is -0.350 e. The molecule has 0 aliphatic carbocycles. The van der Waals surface area contributed by atoms with Crippen molar-refractivity contribution in [1.29, 1.82) is 0 Å². The maximum absolute atomic E-state index is 11.6. The lowest BCUT2D eigenvalue weighted by Gasteiger charge is -2.12. The highest BCUT2D eigenvalue weighted by molar-refractivity contribution is 5.94. The quantitative estimate of drug-likeness (QED) is 0.525. The number of hydrogen-bond acceptors (Lipinski definition) is 3. The van der Waals surface area contributed by atoms with Crippen LogP contribution in [0.15, 0.2) is 24.3 Å². The van der Waals surface area contributed by atoms with Gasteiger partial charge in [0.1, 0.15) is 0 Å². The molecule has 0 aliphatic heterocycles. The van der Waals surface area contributed by atoms with Gasteiger partial charge in [0.15, 0.2) is 0 Å². The minimum atomic E-state index is -0.949. The Labute approximate surface area is 99.0 Å². The van der Waals surface area contributed by atoms with Gasteiger partial charge in [0.25, 0.3) is 5.91 Å². The van der Waals surface area contributed by atoms with Crippen molar-refractivity contribution >= 4 is 11.9 Å². The third-order valence-corrected chi connectivity index (χ3v) is 2.14. The van der Waals surface area contributed by atoms with Crippen LogP contribution in [-0.2, 0) is 0 Å². The molecule has 92 valence electrons. The molecule has 0 atom stereocenters. The lowest BCUT2D eigenvalue weighted by Crippen LogP contribution is -2.39. The first kappa shape index (κ1) is 13.0. The molecule has 1 aromatic carbocycles. The molecule has 1 aromatic rings. The first-order valence-electron chi connectivity index (χ1n) is 5.11. The van der Waals surface area contributed by atoms with Crippen molar-refractivity contribution in [1.82, 2.24) is 10.4 Å². The van der Waals surface area contributed by atoms with Gasteiger partial charge in [-0.25, -0.2) is 9.86 Å². The van der Waals surface area contributed by atoms with E-state index in [-0.39, 0.29) is 19.0 Å². The highest BCUT2D eigenvalue weighted by Crippen LogP contribution is 2.03. The van der Waals surface area contributed by atoms with Gasteiger partial charge in [-0.05, 0) is 19.1 Å². The molecule has 0 saturated carbocycles. The van der Waals surface area contributed by atoms with E-state index in [9.17, 15) is 9.59 Å². The molecule has 6 nitrogen and oxygen atoms in total. The molecule has 0 unspecified atom stereocenters. The Balaban J connectivity index is 2.43. The number of benzene rings is 1. The van der Waals surface area contributed by atoms with Crippen LogP contribution >= 0.6 is 0 Å². The summed E-state index contributed by atoms with van der Waals surface area (Å²) in [6.45, 7) is 1.97. The van der Waals surface area contributed by atoms with Gasteiger partial charge in [-0.15, -0.1) is 0 Å². The van der Waals surface area contributed by atoms with E-state index in [2.05, 4.69) is 5.32 Å². The molecule has 0 heterocycles. The molecule has 0 aliphatic rings. The summed E-state index contributed by atoms with van der Waals surface area (Å²) in [5.74, 6) is -0.258. The normalized spacial score (nSPS) is 9.76. The number of urea groups is 1. The summed E-state index contributed by atoms with van der Waals surface area (Å²) in [4.78, 5) is 22.1. The minimum absolute atomic E-state index is 0.0487. The third kappa shape index (κ3) is 4.12. The zero-order valence-electron chi connectivity index (χ0n) is 9.51. The smallest absolute Gasteiger partial charge is 0.338 e. The summed E-state index contributed by atoms with van der Waals surface area (Å²) in [7, 11) is 0. The number of carbonyl (C=O) groups excluding carboxylic acids is 2. The molecule has 3 amide bonds. The number of rotatable bonds is 4. The fraction of sp³-hybridized carbons (Fsp3) is 0.273. The molecule has 0 saturated heterocycles. The van der Waals surface area contributed by atoms with E-state index in [1.54, 1.807) is 18.2 Å². The molecule has 0 aromatic heterocycles. The van der Waals surface area contributed by atoms with E-state index in [4.69, 9.17) is 10.9 Å². The molecule has 17 heavy (non-hydrogen) atoms. The van der Waals surface area contributed by atoms with Crippen LogP contribution in [0.4, 0.5) is 4.79 Å². The maximum Gasteiger partial charge on any atom is 0.338 e. The highest BCUT2D eigenvalue weighted by atomic mass is 16.5. The van der Waals surface area contributed by atoms with Crippen molar-refractivity contribution in [2.24, 2.45) is 5.73 Å². The average molecular weight is 237 g/mol. The average Bonchev–Trinajstić information content (AvgIpc) is 2.28. The first-order chi connectivity index (χ1) is 8.00. The van der Waals surface area contributed by atoms with Crippen LogP contribution in [-0.4, -0.2) is 35.3 Å². The third-order valence-electron chi connectivity index (χ3n) is 2.14. The number of nitrogens with two attached hydrogens (primary N) is 1.